The molecule has 0 fully saturated rings. The molecular weight excluding hydrogens is 212 g/mol. The second kappa shape index (κ2) is 3.60. The van der Waals surface area contributed by atoms with Crippen LogP contribution in [0.5, 0.6) is 0 Å². The maximum atomic E-state index is 11.5. The van der Waals surface area contributed by atoms with Crippen molar-refractivity contribution in [2.75, 3.05) is 5.06 Å². The van der Waals surface area contributed by atoms with Gasteiger partial charge in [-0.1, -0.05) is 0 Å². The highest BCUT2D eigenvalue weighted by Crippen LogP contribution is 2.33. The molecule has 2 aromatic heterocycles. The summed E-state index contributed by atoms with van der Waals surface area (Å²) >= 11 is 1.43. The number of aryl methyl sites for hydroxylation is 1. The summed E-state index contributed by atoms with van der Waals surface area (Å²) in [5, 5.41) is 14.4. The Balaban J connectivity index is 2.64. The molecule has 0 saturated carbocycles. The molecule has 0 saturated heterocycles. The molecule has 2 aromatic rings. The van der Waals surface area contributed by atoms with E-state index in [4.69, 9.17) is 0 Å². The van der Waals surface area contributed by atoms with E-state index in [1.165, 1.54) is 18.3 Å². The van der Waals surface area contributed by atoms with Gasteiger partial charge in [0.25, 0.3) is 0 Å². The number of thiophene rings is 1. The molecule has 2 rings (SSSR count). The Kier molecular flexibility index (Phi) is 2.42. The Morgan fingerprint density at radius 3 is 3.00 bits per heavy atom. The van der Waals surface area contributed by atoms with Gasteiger partial charge in [-0.3, -0.25) is 9.78 Å². The Morgan fingerprint density at radius 2 is 2.33 bits per heavy atom. The quantitative estimate of drug-likeness (QED) is 0.695. The van der Waals surface area contributed by atoms with Gasteiger partial charge in [0.2, 0.25) is 5.91 Å². The largest absolute Gasteiger partial charge is 0.752 e. The molecule has 0 spiro atoms. The number of hydroxylamine groups is 1. The van der Waals surface area contributed by atoms with Crippen LogP contribution in [0.2, 0.25) is 0 Å². The van der Waals surface area contributed by atoms with Gasteiger partial charge in [0.1, 0.15) is 0 Å². The van der Waals surface area contributed by atoms with Crippen molar-refractivity contribution in [1.29, 1.82) is 0 Å². The van der Waals surface area contributed by atoms with Crippen molar-refractivity contribution in [1.82, 2.24) is 4.98 Å². The summed E-state index contributed by atoms with van der Waals surface area (Å²) in [6.07, 6.45) is 1.64. The molecule has 0 bridgehead atoms. The van der Waals surface area contributed by atoms with E-state index in [-0.39, 0.29) is 0 Å². The number of aromatic nitrogens is 1. The SMILES string of the molecule is CC(=O)N([O-])c1csc2c(C)nccc12. The molecule has 0 radical (unpaired) electrons. The fourth-order valence-electron chi connectivity index (χ4n) is 1.41. The normalized spacial score (nSPS) is 10.6. The van der Waals surface area contributed by atoms with Crippen molar-refractivity contribution in [3.05, 3.63) is 28.5 Å². The van der Waals surface area contributed by atoms with Crippen molar-refractivity contribution in [3.63, 3.8) is 0 Å². The van der Waals surface area contributed by atoms with Crippen LogP contribution >= 0.6 is 11.3 Å². The van der Waals surface area contributed by atoms with Gasteiger partial charge in [-0.25, -0.2) is 0 Å². The van der Waals surface area contributed by atoms with E-state index in [1.54, 1.807) is 17.6 Å². The molecule has 0 atom stereocenters. The summed E-state index contributed by atoms with van der Waals surface area (Å²) < 4.78 is 0.953. The van der Waals surface area contributed by atoms with E-state index < -0.39 is 5.91 Å². The van der Waals surface area contributed by atoms with Crippen LogP contribution in [-0.4, -0.2) is 10.9 Å². The first-order valence-electron chi connectivity index (χ1n) is 4.42. The van der Waals surface area contributed by atoms with Crippen LogP contribution in [0.4, 0.5) is 5.69 Å². The topological polar surface area (TPSA) is 56.3 Å². The van der Waals surface area contributed by atoms with Gasteiger partial charge >= 0.3 is 0 Å². The van der Waals surface area contributed by atoms with E-state index in [0.717, 1.165) is 15.8 Å². The average Bonchev–Trinajstić information content (AvgIpc) is 2.61. The number of anilines is 1. The third-order valence-electron chi connectivity index (χ3n) is 2.15. The van der Waals surface area contributed by atoms with Crippen LogP contribution in [0.1, 0.15) is 12.6 Å². The number of hydrogen-bond acceptors (Lipinski definition) is 4. The van der Waals surface area contributed by atoms with Gasteiger partial charge < -0.3 is 10.3 Å². The maximum absolute atomic E-state index is 11.5. The van der Waals surface area contributed by atoms with Gasteiger partial charge in [0, 0.05) is 23.9 Å². The lowest BCUT2D eigenvalue weighted by atomic mass is 10.2. The van der Waals surface area contributed by atoms with Gasteiger partial charge in [-0.15, -0.1) is 11.3 Å². The van der Waals surface area contributed by atoms with E-state index in [2.05, 4.69) is 4.98 Å². The maximum Gasteiger partial charge on any atom is 0.213 e. The van der Waals surface area contributed by atoms with Gasteiger partial charge in [-0.05, 0) is 13.0 Å². The van der Waals surface area contributed by atoms with Crippen LogP contribution in [-0.2, 0) is 4.79 Å². The van der Waals surface area contributed by atoms with E-state index >= 15 is 0 Å². The predicted molar refractivity (Wildman–Crippen MR) is 60.9 cm³/mol. The Bertz CT molecular complexity index is 521. The first-order chi connectivity index (χ1) is 7.11. The number of carbonyl (C=O) groups is 1. The average molecular weight is 221 g/mol. The number of hydrogen-bond donors (Lipinski definition) is 0. The summed E-state index contributed by atoms with van der Waals surface area (Å²) in [4.78, 5) is 15.1. The molecule has 0 aliphatic heterocycles. The molecule has 0 N–H and O–H groups in total. The zero-order valence-corrected chi connectivity index (χ0v) is 9.17. The van der Waals surface area contributed by atoms with Crippen molar-refractivity contribution in [2.45, 2.75) is 13.8 Å². The van der Waals surface area contributed by atoms with Crippen LogP contribution in [0.25, 0.3) is 10.1 Å². The summed E-state index contributed by atoms with van der Waals surface area (Å²) in [6, 6.07) is 1.75. The van der Waals surface area contributed by atoms with Gasteiger partial charge in [-0.2, -0.15) is 0 Å². The zero-order valence-electron chi connectivity index (χ0n) is 8.35. The van der Waals surface area contributed by atoms with Crippen molar-refractivity contribution < 1.29 is 4.79 Å². The van der Waals surface area contributed by atoms with Crippen LogP contribution in [0.15, 0.2) is 17.6 Å². The van der Waals surface area contributed by atoms with Crippen molar-refractivity contribution >= 4 is 33.0 Å². The molecule has 5 heteroatoms. The number of carbonyl (C=O) groups excluding carboxylic acids is 1. The molecule has 0 unspecified atom stereocenters. The van der Waals surface area contributed by atoms with E-state index in [9.17, 15) is 10.0 Å². The second-order valence-corrected chi connectivity index (χ2v) is 4.09. The lowest BCUT2D eigenvalue weighted by molar-refractivity contribution is -0.115. The second-order valence-electron chi connectivity index (χ2n) is 3.21. The standard InChI is InChI=1S/C10H9N2O2S/c1-6-10-8(3-4-11-6)9(5-15-10)12(14)7(2)13/h3-5H,1-2H3/q-1. The first-order valence-corrected chi connectivity index (χ1v) is 5.30. The number of nitrogens with zero attached hydrogens (tertiary/aromatic N) is 2. The highest BCUT2D eigenvalue weighted by Gasteiger charge is 2.09. The molecule has 4 nitrogen and oxygen atoms in total. The van der Waals surface area contributed by atoms with E-state index in [0.29, 0.717) is 10.8 Å². The minimum atomic E-state index is -0.510. The molecule has 0 aliphatic carbocycles. The molecule has 0 aromatic carbocycles. The monoisotopic (exact) mass is 221 g/mol. The van der Waals surface area contributed by atoms with Gasteiger partial charge in [0.15, 0.2) is 0 Å². The highest BCUT2D eigenvalue weighted by molar-refractivity contribution is 7.18. The molecule has 78 valence electrons. The third kappa shape index (κ3) is 1.60. The smallest absolute Gasteiger partial charge is 0.213 e. The van der Waals surface area contributed by atoms with Crippen LogP contribution in [0.3, 0.4) is 0 Å². The summed E-state index contributed by atoms with van der Waals surface area (Å²) in [6.45, 7) is 3.13. The lowest BCUT2D eigenvalue weighted by Crippen LogP contribution is -2.20. The van der Waals surface area contributed by atoms with E-state index in [1.807, 2.05) is 6.92 Å². The number of pyridine rings is 1. The molecule has 15 heavy (non-hydrogen) atoms. The van der Waals surface area contributed by atoms with Crippen LogP contribution in [0, 0.1) is 12.1 Å². The Labute approximate surface area is 90.7 Å². The Morgan fingerprint density at radius 1 is 1.60 bits per heavy atom. The number of amides is 1. The molecule has 0 aliphatic rings. The minimum absolute atomic E-state index is 0.410. The molecule has 2 heterocycles. The van der Waals surface area contributed by atoms with Crippen molar-refractivity contribution in [2.24, 2.45) is 0 Å². The summed E-state index contributed by atoms with van der Waals surface area (Å²) in [7, 11) is 0. The summed E-state index contributed by atoms with van der Waals surface area (Å²) in [5.41, 5.74) is 1.29. The lowest BCUT2D eigenvalue weighted by Gasteiger charge is -2.25. The van der Waals surface area contributed by atoms with Crippen molar-refractivity contribution in [3.8, 4) is 0 Å². The molecular formula is C10H9N2O2S-. The van der Waals surface area contributed by atoms with Crippen LogP contribution < -0.4 is 5.06 Å². The third-order valence-corrected chi connectivity index (χ3v) is 3.24. The molecule has 1 amide bonds. The first kappa shape index (κ1) is 10.1. The summed E-state index contributed by atoms with van der Waals surface area (Å²) in [5.74, 6) is -0.510. The fraction of sp³-hybridized carbons (Fsp3) is 0.200. The van der Waals surface area contributed by atoms with Gasteiger partial charge in [0.05, 0.1) is 16.1 Å². The Hall–Kier alpha value is -1.46. The number of fused-ring (bicyclic) bond motifs is 1. The minimum Gasteiger partial charge on any atom is -0.752 e. The highest BCUT2D eigenvalue weighted by atomic mass is 32.1. The number of rotatable bonds is 1. The fourth-order valence-corrected chi connectivity index (χ4v) is 2.38. The predicted octanol–water partition coefficient (Wildman–Crippen LogP) is 2.46. The zero-order chi connectivity index (χ0) is 11.0.